The highest BCUT2D eigenvalue weighted by atomic mass is 16.7. The summed E-state index contributed by atoms with van der Waals surface area (Å²) >= 11 is 0. The summed E-state index contributed by atoms with van der Waals surface area (Å²) in [7, 11) is 1.09. The molecule has 0 aromatic heterocycles. The molecule has 13 heteroatoms. The van der Waals surface area contributed by atoms with Crippen molar-refractivity contribution in [2.24, 2.45) is 0 Å². The highest BCUT2D eigenvalue weighted by Gasteiger charge is 2.55. The Balaban J connectivity index is 1.38. The van der Waals surface area contributed by atoms with Gasteiger partial charge >= 0.3 is 30.0 Å². The fraction of sp³-hybridized carbons (Fsp3) is 0.433. The van der Waals surface area contributed by atoms with Crippen LogP contribution in [0.5, 0.6) is 0 Å². The van der Waals surface area contributed by atoms with Crippen molar-refractivity contribution in [3.8, 4) is 11.1 Å². The molecule has 13 nitrogen and oxygen atoms in total. The topological polar surface area (TPSA) is 162 Å². The minimum Gasteiger partial charge on any atom is -0.467 e. The SMILES string of the molecule is COC(=O)C1O[C@@H](OCCNC(=O)OCC2c3ccccc3-c3ccccc32)C(OC(C)=O)C(OC(C)=O)[C@@H]1OC(C)=O. The van der Waals surface area contributed by atoms with E-state index in [-0.39, 0.29) is 25.7 Å². The van der Waals surface area contributed by atoms with Crippen LogP contribution in [0.2, 0.25) is 0 Å². The Morgan fingerprint density at radius 1 is 0.767 bits per heavy atom. The zero-order valence-corrected chi connectivity index (χ0v) is 24.1. The lowest BCUT2D eigenvalue weighted by Gasteiger charge is -2.43. The van der Waals surface area contributed by atoms with Gasteiger partial charge < -0.3 is 38.5 Å². The van der Waals surface area contributed by atoms with Crippen molar-refractivity contribution < 1.29 is 57.1 Å². The van der Waals surface area contributed by atoms with Gasteiger partial charge in [-0.05, 0) is 22.3 Å². The lowest BCUT2D eigenvalue weighted by molar-refractivity contribution is -0.301. The van der Waals surface area contributed by atoms with Gasteiger partial charge in [0.15, 0.2) is 30.7 Å². The summed E-state index contributed by atoms with van der Waals surface area (Å²) in [5, 5.41) is 2.58. The summed E-state index contributed by atoms with van der Waals surface area (Å²) in [4.78, 5) is 60.6. The van der Waals surface area contributed by atoms with Crippen LogP contribution in [0, 0.1) is 0 Å². The number of benzene rings is 2. The predicted molar refractivity (Wildman–Crippen MR) is 146 cm³/mol. The molecule has 1 aliphatic heterocycles. The van der Waals surface area contributed by atoms with E-state index in [1.165, 1.54) is 0 Å². The van der Waals surface area contributed by atoms with Gasteiger partial charge in [0.05, 0.1) is 13.7 Å². The van der Waals surface area contributed by atoms with Crippen molar-refractivity contribution in [2.45, 2.75) is 57.4 Å². The maximum atomic E-state index is 12.5. The van der Waals surface area contributed by atoms with Crippen LogP contribution in [-0.4, -0.2) is 87.5 Å². The van der Waals surface area contributed by atoms with Crippen LogP contribution in [0.3, 0.4) is 0 Å². The van der Waals surface area contributed by atoms with Gasteiger partial charge in [0.25, 0.3) is 0 Å². The number of carbonyl (C=O) groups excluding carboxylic acids is 5. The van der Waals surface area contributed by atoms with Gasteiger partial charge in [0.1, 0.15) is 6.61 Å². The average molecular weight is 600 g/mol. The number of carbonyl (C=O) groups is 5. The Morgan fingerprint density at radius 2 is 1.30 bits per heavy atom. The third-order valence-corrected chi connectivity index (χ3v) is 6.83. The number of fused-ring (bicyclic) bond motifs is 3. The predicted octanol–water partition coefficient (Wildman–Crippen LogP) is 2.23. The van der Waals surface area contributed by atoms with Gasteiger partial charge in [-0.25, -0.2) is 9.59 Å². The van der Waals surface area contributed by atoms with Gasteiger partial charge in [0.2, 0.25) is 0 Å². The van der Waals surface area contributed by atoms with Crippen molar-refractivity contribution in [3.05, 3.63) is 59.7 Å². The first-order valence-electron chi connectivity index (χ1n) is 13.6. The highest BCUT2D eigenvalue weighted by molar-refractivity contribution is 5.79. The highest BCUT2D eigenvalue weighted by Crippen LogP contribution is 2.44. The van der Waals surface area contributed by atoms with E-state index < -0.39 is 60.7 Å². The molecule has 1 amide bonds. The molecule has 2 aromatic carbocycles. The zero-order valence-electron chi connectivity index (χ0n) is 24.1. The van der Waals surface area contributed by atoms with E-state index in [0.29, 0.717) is 0 Å². The Bertz CT molecular complexity index is 1310. The van der Waals surface area contributed by atoms with Crippen LogP contribution in [0.15, 0.2) is 48.5 Å². The second kappa shape index (κ2) is 14.1. The van der Waals surface area contributed by atoms with Crippen LogP contribution in [0.25, 0.3) is 11.1 Å². The fourth-order valence-corrected chi connectivity index (χ4v) is 5.19. The van der Waals surface area contributed by atoms with Gasteiger partial charge in [-0.1, -0.05) is 48.5 Å². The first-order chi connectivity index (χ1) is 20.6. The molecule has 0 spiro atoms. The summed E-state index contributed by atoms with van der Waals surface area (Å²) < 4.78 is 37.4. The number of ether oxygens (including phenoxy) is 7. The number of alkyl carbamates (subject to hydrolysis) is 1. The number of esters is 4. The molecule has 1 heterocycles. The summed E-state index contributed by atoms with van der Waals surface area (Å²) in [5.41, 5.74) is 4.34. The molecule has 43 heavy (non-hydrogen) atoms. The largest absolute Gasteiger partial charge is 0.467 e. The molecule has 1 N–H and O–H groups in total. The van der Waals surface area contributed by atoms with Crippen molar-refractivity contribution in [2.75, 3.05) is 26.9 Å². The van der Waals surface area contributed by atoms with Crippen molar-refractivity contribution in [1.29, 1.82) is 0 Å². The quantitative estimate of drug-likeness (QED) is 0.241. The van der Waals surface area contributed by atoms with Gasteiger partial charge in [0, 0.05) is 33.2 Å². The van der Waals surface area contributed by atoms with Gasteiger partial charge in [-0.15, -0.1) is 0 Å². The molecule has 1 saturated heterocycles. The summed E-state index contributed by atoms with van der Waals surface area (Å²) in [5.74, 6) is -3.47. The molecule has 4 rings (SSSR count). The minimum absolute atomic E-state index is 0.0577. The molecule has 2 aliphatic rings. The normalized spacial score (nSPS) is 22.4. The van der Waals surface area contributed by atoms with E-state index in [1.54, 1.807) is 0 Å². The Morgan fingerprint density at radius 3 is 1.86 bits per heavy atom. The second-order valence-corrected chi connectivity index (χ2v) is 9.79. The first-order valence-corrected chi connectivity index (χ1v) is 13.6. The van der Waals surface area contributed by atoms with Crippen LogP contribution in [0.1, 0.15) is 37.8 Å². The Kier molecular flexibility index (Phi) is 10.3. The van der Waals surface area contributed by atoms with Crippen LogP contribution >= 0.6 is 0 Å². The average Bonchev–Trinajstić information content (AvgIpc) is 3.29. The third-order valence-electron chi connectivity index (χ3n) is 6.83. The number of hydrogen-bond donors (Lipinski definition) is 1. The van der Waals surface area contributed by atoms with E-state index >= 15 is 0 Å². The third kappa shape index (κ3) is 7.48. The van der Waals surface area contributed by atoms with Crippen molar-refractivity contribution in [3.63, 3.8) is 0 Å². The Hall–Kier alpha value is -4.49. The van der Waals surface area contributed by atoms with E-state index in [9.17, 15) is 24.0 Å². The summed E-state index contributed by atoms with van der Waals surface area (Å²) in [6.07, 6.45) is -8.13. The van der Waals surface area contributed by atoms with Crippen LogP contribution < -0.4 is 5.32 Å². The Labute approximate surface area is 247 Å². The second-order valence-electron chi connectivity index (χ2n) is 9.79. The van der Waals surface area contributed by atoms with E-state index in [0.717, 1.165) is 50.1 Å². The lowest BCUT2D eigenvalue weighted by atomic mass is 9.97. The van der Waals surface area contributed by atoms with Crippen LogP contribution in [0.4, 0.5) is 4.79 Å². The molecule has 5 atom stereocenters. The molecule has 3 unspecified atom stereocenters. The molecule has 230 valence electrons. The van der Waals surface area contributed by atoms with Crippen molar-refractivity contribution >= 4 is 30.0 Å². The maximum Gasteiger partial charge on any atom is 0.407 e. The maximum absolute atomic E-state index is 12.5. The molecule has 1 aliphatic carbocycles. The van der Waals surface area contributed by atoms with Crippen molar-refractivity contribution in [1.82, 2.24) is 5.32 Å². The number of hydrogen-bond acceptors (Lipinski definition) is 12. The minimum atomic E-state index is -1.58. The van der Waals surface area contributed by atoms with Crippen LogP contribution in [-0.2, 0) is 52.3 Å². The number of methoxy groups -OCH3 is 1. The number of amides is 1. The smallest absolute Gasteiger partial charge is 0.407 e. The van der Waals surface area contributed by atoms with E-state index in [4.69, 9.17) is 33.2 Å². The van der Waals surface area contributed by atoms with E-state index in [1.807, 2.05) is 48.5 Å². The lowest BCUT2D eigenvalue weighted by Crippen LogP contribution is -2.64. The first kappa shape index (κ1) is 31.4. The zero-order chi connectivity index (χ0) is 31.1. The van der Waals surface area contributed by atoms with Gasteiger partial charge in [-0.2, -0.15) is 0 Å². The molecule has 2 aromatic rings. The molecule has 0 saturated carbocycles. The number of nitrogens with one attached hydrogen (secondary N) is 1. The van der Waals surface area contributed by atoms with E-state index in [2.05, 4.69) is 5.32 Å². The van der Waals surface area contributed by atoms with Gasteiger partial charge in [-0.3, -0.25) is 14.4 Å². The monoisotopic (exact) mass is 599 g/mol. The molecule has 1 fully saturated rings. The number of rotatable bonds is 10. The fourth-order valence-electron chi connectivity index (χ4n) is 5.19. The standard InChI is InChI=1S/C30H33NO12/c1-16(32)40-24-25(41-17(2)33)27(42-18(3)34)29(43-26(24)28(35)37-4)38-14-13-31-30(36)39-15-23-21-11-7-5-9-19(21)20-10-6-8-12-22(20)23/h5-12,23-27,29H,13-15H2,1-4H3,(H,31,36)/t24-,25?,26?,27?,29+/m0/s1. The molecular formula is C30H33NO12. The molecule has 0 radical (unpaired) electrons. The molecule has 0 bridgehead atoms. The summed E-state index contributed by atoms with van der Waals surface area (Å²) in [6.45, 7) is 3.14. The summed E-state index contributed by atoms with van der Waals surface area (Å²) in [6, 6.07) is 15.9. The molecular weight excluding hydrogens is 566 g/mol.